The molecule has 3 heterocycles. The second-order valence-electron chi connectivity index (χ2n) is 6.78. The van der Waals surface area contributed by atoms with E-state index < -0.39 is 5.60 Å². The van der Waals surface area contributed by atoms with Crippen LogP contribution in [0.25, 0.3) is 11.0 Å². The maximum Gasteiger partial charge on any atom is 0.410 e. The van der Waals surface area contributed by atoms with Crippen LogP contribution >= 0.6 is 0 Å². The Morgan fingerprint density at radius 2 is 2.27 bits per heavy atom. The Bertz CT molecular complexity index is 641. The van der Waals surface area contributed by atoms with E-state index in [4.69, 9.17) is 4.74 Å². The van der Waals surface area contributed by atoms with Crippen molar-refractivity contribution >= 4 is 17.1 Å². The van der Waals surface area contributed by atoms with Crippen LogP contribution in [0.1, 0.15) is 45.4 Å². The fourth-order valence-corrected chi connectivity index (χ4v) is 2.76. The van der Waals surface area contributed by atoms with E-state index in [9.17, 15) is 4.79 Å². The van der Waals surface area contributed by atoms with Gasteiger partial charge in [0.1, 0.15) is 11.4 Å². The Labute approximate surface area is 129 Å². The van der Waals surface area contributed by atoms with Crippen molar-refractivity contribution < 1.29 is 9.53 Å². The Kier molecular flexibility index (Phi) is 3.76. The van der Waals surface area contributed by atoms with Gasteiger partial charge in [-0.3, -0.25) is 4.98 Å². The van der Waals surface area contributed by atoms with Crippen LogP contribution in [0.4, 0.5) is 4.79 Å². The summed E-state index contributed by atoms with van der Waals surface area (Å²) < 4.78 is 5.47. The number of rotatable bonds is 1. The molecule has 1 unspecified atom stereocenters. The summed E-state index contributed by atoms with van der Waals surface area (Å²) in [5, 5.41) is 0. The number of nitrogens with zero attached hydrogens (tertiary/aromatic N) is 3. The predicted molar refractivity (Wildman–Crippen MR) is 83.7 cm³/mol. The van der Waals surface area contributed by atoms with Gasteiger partial charge in [-0.25, -0.2) is 9.78 Å². The van der Waals surface area contributed by atoms with E-state index in [1.54, 1.807) is 17.3 Å². The Morgan fingerprint density at radius 3 is 3.00 bits per heavy atom. The normalized spacial score (nSPS) is 19.4. The summed E-state index contributed by atoms with van der Waals surface area (Å²) in [6.07, 6.45) is 5.25. The molecule has 1 atom stereocenters. The van der Waals surface area contributed by atoms with Gasteiger partial charge >= 0.3 is 6.09 Å². The first-order chi connectivity index (χ1) is 10.4. The van der Waals surface area contributed by atoms with Gasteiger partial charge in [-0.1, -0.05) is 0 Å². The fraction of sp³-hybridized carbons (Fsp3) is 0.562. The fourth-order valence-electron chi connectivity index (χ4n) is 2.76. The van der Waals surface area contributed by atoms with Crippen molar-refractivity contribution in [3.05, 3.63) is 24.3 Å². The first kappa shape index (κ1) is 14.8. The van der Waals surface area contributed by atoms with Crippen molar-refractivity contribution in [2.45, 2.75) is 45.1 Å². The van der Waals surface area contributed by atoms with E-state index in [1.165, 1.54) is 0 Å². The topological polar surface area (TPSA) is 71.1 Å². The minimum absolute atomic E-state index is 0.216. The van der Waals surface area contributed by atoms with Crippen molar-refractivity contribution in [2.75, 3.05) is 13.1 Å². The molecule has 2 aromatic heterocycles. The van der Waals surface area contributed by atoms with Crippen LogP contribution in [0.3, 0.4) is 0 Å². The molecule has 0 spiro atoms. The van der Waals surface area contributed by atoms with E-state index in [0.29, 0.717) is 6.54 Å². The highest BCUT2D eigenvalue weighted by Crippen LogP contribution is 2.27. The number of carbonyl (C=O) groups excluding carboxylic acids is 1. The third-order valence-electron chi connectivity index (χ3n) is 3.76. The summed E-state index contributed by atoms with van der Waals surface area (Å²) in [5.74, 6) is 1.14. The third kappa shape index (κ3) is 3.21. The molecule has 118 valence electrons. The van der Waals surface area contributed by atoms with Gasteiger partial charge in [0.15, 0.2) is 0 Å². The lowest BCUT2D eigenvalue weighted by atomic mass is 9.98. The maximum atomic E-state index is 12.2. The number of amides is 1. The molecule has 1 aliphatic rings. The zero-order valence-electron chi connectivity index (χ0n) is 13.3. The second kappa shape index (κ2) is 5.59. The van der Waals surface area contributed by atoms with Gasteiger partial charge < -0.3 is 14.6 Å². The lowest BCUT2D eigenvalue weighted by Gasteiger charge is -2.33. The summed E-state index contributed by atoms with van der Waals surface area (Å²) in [6.45, 7) is 7.05. The van der Waals surface area contributed by atoms with Crippen LogP contribution in [0.15, 0.2) is 18.5 Å². The number of likely N-dealkylation sites (tertiary alicyclic amines) is 1. The lowest BCUT2D eigenvalue weighted by molar-refractivity contribution is 0.0196. The average molecular weight is 302 g/mol. The molecule has 3 rings (SSSR count). The molecule has 2 aromatic rings. The summed E-state index contributed by atoms with van der Waals surface area (Å²) in [7, 11) is 0. The number of hydrogen-bond donors (Lipinski definition) is 1. The second-order valence-corrected chi connectivity index (χ2v) is 6.78. The number of pyridine rings is 1. The standard InChI is InChI=1S/C16H22N4O2/c1-16(2,3)22-15(21)20-8-4-5-11(10-20)14-18-12-6-7-17-9-13(12)19-14/h6-7,9,11H,4-5,8,10H2,1-3H3,(H,18,19). The van der Waals surface area contributed by atoms with E-state index in [1.807, 2.05) is 26.8 Å². The van der Waals surface area contributed by atoms with E-state index in [-0.39, 0.29) is 12.0 Å². The average Bonchev–Trinajstić information content (AvgIpc) is 2.89. The molecule has 1 aliphatic heterocycles. The number of aromatic amines is 1. The predicted octanol–water partition coefficient (Wildman–Crippen LogP) is 3.07. The van der Waals surface area contributed by atoms with Crippen molar-refractivity contribution in [2.24, 2.45) is 0 Å². The van der Waals surface area contributed by atoms with Crippen molar-refractivity contribution in [1.29, 1.82) is 0 Å². The highest BCUT2D eigenvalue weighted by Gasteiger charge is 2.29. The number of nitrogens with one attached hydrogen (secondary N) is 1. The number of H-pyrrole nitrogens is 1. The summed E-state index contributed by atoms with van der Waals surface area (Å²) in [4.78, 5) is 26.1. The molecule has 1 amide bonds. The number of piperidine rings is 1. The zero-order chi connectivity index (χ0) is 15.7. The van der Waals surface area contributed by atoms with Gasteiger partial charge in [0.05, 0.1) is 17.2 Å². The molecule has 0 bridgehead atoms. The number of hydrogen-bond acceptors (Lipinski definition) is 4. The monoisotopic (exact) mass is 302 g/mol. The lowest BCUT2D eigenvalue weighted by Crippen LogP contribution is -2.42. The quantitative estimate of drug-likeness (QED) is 0.878. The Morgan fingerprint density at radius 1 is 1.45 bits per heavy atom. The first-order valence-electron chi connectivity index (χ1n) is 7.70. The number of imidazole rings is 1. The molecule has 6 heteroatoms. The smallest absolute Gasteiger partial charge is 0.410 e. The van der Waals surface area contributed by atoms with E-state index in [0.717, 1.165) is 36.2 Å². The SMILES string of the molecule is CC(C)(C)OC(=O)N1CCCC(c2nc3ccncc3[nH]2)C1. The largest absolute Gasteiger partial charge is 0.444 e. The molecular formula is C16H22N4O2. The van der Waals surface area contributed by atoms with Crippen molar-refractivity contribution in [1.82, 2.24) is 19.9 Å². The van der Waals surface area contributed by atoms with Crippen LogP contribution in [-0.2, 0) is 4.74 Å². The van der Waals surface area contributed by atoms with Crippen LogP contribution < -0.4 is 0 Å². The molecule has 1 N–H and O–H groups in total. The molecular weight excluding hydrogens is 280 g/mol. The highest BCUT2D eigenvalue weighted by atomic mass is 16.6. The number of carbonyl (C=O) groups is 1. The third-order valence-corrected chi connectivity index (χ3v) is 3.76. The van der Waals surface area contributed by atoms with Crippen molar-refractivity contribution in [3.8, 4) is 0 Å². The first-order valence-corrected chi connectivity index (χ1v) is 7.70. The summed E-state index contributed by atoms with van der Waals surface area (Å²) in [5.41, 5.74) is 1.39. The van der Waals surface area contributed by atoms with E-state index >= 15 is 0 Å². The number of ether oxygens (including phenoxy) is 1. The molecule has 1 fully saturated rings. The molecule has 0 saturated carbocycles. The number of fused-ring (bicyclic) bond motifs is 1. The molecule has 6 nitrogen and oxygen atoms in total. The van der Waals surface area contributed by atoms with Crippen LogP contribution in [0, 0.1) is 0 Å². The van der Waals surface area contributed by atoms with E-state index in [2.05, 4.69) is 15.0 Å². The van der Waals surface area contributed by atoms with Gasteiger partial charge in [-0.15, -0.1) is 0 Å². The van der Waals surface area contributed by atoms with Crippen LogP contribution in [-0.4, -0.2) is 44.6 Å². The maximum absolute atomic E-state index is 12.2. The van der Waals surface area contributed by atoms with Gasteiger partial charge in [0.25, 0.3) is 0 Å². The van der Waals surface area contributed by atoms with Gasteiger partial charge in [0, 0.05) is 25.2 Å². The Balaban J connectivity index is 1.74. The van der Waals surface area contributed by atoms with Crippen LogP contribution in [0.5, 0.6) is 0 Å². The van der Waals surface area contributed by atoms with Crippen LogP contribution in [0.2, 0.25) is 0 Å². The summed E-state index contributed by atoms with van der Waals surface area (Å²) in [6, 6.07) is 1.89. The minimum atomic E-state index is -0.463. The molecule has 0 aromatic carbocycles. The summed E-state index contributed by atoms with van der Waals surface area (Å²) >= 11 is 0. The van der Waals surface area contributed by atoms with Crippen molar-refractivity contribution in [3.63, 3.8) is 0 Å². The molecule has 1 saturated heterocycles. The molecule has 22 heavy (non-hydrogen) atoms. The molecule has 0 radical (unpaired) electrons. The van der Waals surface area contributed by atoms with Gasteiger partial charge in [-0.2, -0.15) is 0 Å². The highest BCUT2D eigenvalue weighted by molar-refractivity contribution is 5.73. The Hall–Kier alpha value is -2.11. The number of aromatic nitrogens is 3. The zero-order valence-corrected chi connectivity index (χ0v) is 13.3. The van der Waals surface area contributed by atoms with Gasteiger partial charge in [0.2, 0.25) is 0 Å². The minimum Gasteiger partial charge on any atom is -0.444 e. The molecule has 0 aliphatic carbocycles. The van der Waals surface area contributed by atoms with Gasteiger partial charge in [-0.05, 0) is 39.7 Å².